The van der Waals surface area contributed by atoms with Gasteiger partial charge in [-0.2, -0.15) is 13.1 Å². The predicted molar refractivity (Wildman–Crippen MR) is 103 cm³/mol. The Kier molecular flexibility index (Phi) is 6.87. The Bertz CT molecular complexity index is 1110. The molecule has 0 fully saturated rings. The van der Waals surface area contributed by atoms with Crippen LogP contribution in [0.3, 0.4) is 0 Å². The van der Waals surface area contributed by atoms with Gasteiger partial charge in [-0.15, -0.1) is 11.3 Å². The molecule has 1 heterocycles. The summed E-state index contributed by atoms with van der Waals surface area (Å²) in [5.41, 5.74) is 2.54. The third-order valence-electron chi connectivity index (χ3n) is 3.76. The van der Waals surface area contributed by atoms with Gasteiger partial charge in [-0.25, -0.2) is 12.8 Å². The second-order valence-corrected chi connectivity index (χ2v) is 9.10. The highest BCUT2D eigenvalue weighted by Crippen LogP contribution is 2.39. The number of amides is 2. The fraction of sp³-hybridized carbons (Fsp3) is 0.294. The molecule has 0 atom stereocenters. The van der Waals surface area contributed by atoms with Crippen molar-refractivity contribution >= 4 is 38.2 Å². The van der Waals surface area contributed by atoms with Crippen molar-refractivity contribution in [2.75, 3.05) is 11.4 Å². The quantitative estimate of drug-likeness (QED) is 0.588. The van der Waals surface area contributed by atoms with Crippen molar-refractivity contribution in [1.82, 2.24) is 0 Å². The van der Waals surface area contributed by atoms with Crippen LogP contribution < -0.4 is 19.5 Å². The van der Waals surface area contributed by atoms with E-state index in [1.807, 2.05) is 0 Å². The van der Waals surface area contributed by atoms with Crippen molar-refractivity contribution in [2.24, 2.45) is 5.73 Å². The summed E-state index contributed by atoms with van der Waals surface area (Å²) in [6, 6.07) is 2.00. The van der Waals surface area contributed by atoms with Crippen LogP contribution in [0.5, 0.6) is 11.5 Å². The van der Waals surface area contributed by atoms with Crippen molar-refractivity contribution in [3.05, 3.63) is 35.0 Å². The van der Waals surface area contributed by atoms with E-state index >= 15 is 0 Å². The molecule has 170 valence electrons. The minimum absolute atomic E-state index is 0.0305. The SMILES string of the molecule is COc1cc(S(=O)(=O)N(C(=O)C(C)(C)O)c2sccc2C(N)=O)c(OC(F)F)cc1F. The molecule has 1 aromatic heterocycles. The summed E-state index contributed by atoms with van der Waals surface area (Å²) in [5, 5.41) is 10.9. The van der Waals surface area contributed by atoms with Gasteiger partial charge in [0, 0.05) is 12.1 Å². The van der Waals surface area contributed by atoms with Crippen LogP contribution in [0, 0.1) is 5.82 Å². The molecular formula is C17H17F3N2O7S2. The number of carbonyl (C=O) groups excluding carboxylic acids is 2. The van der Waals surface area contributed by atoms with E-state index in [4.69, 9.17) is 10.5 Å². The molecule has 1 aromatic carbocycles. The number of benzene rings is 1. The molecule has 2 aromatic rings. The maximum absolute atomic E-state index is 14.0. The van der Waals surface area contributed by atoms with E-state index in [1.54, 1.807) is 0 Å². The number of methoxy groups -OCH3 is 1. The van der Waals surface area contributed by atoms with E-state index in [0.717, 1.165) is 27.0 Å². The molecule has 0 saturated heterocycles. The number of sulfonamides is 1. The largest absolute Gasteiger partial charge is 0.494 e. The number of rotatable bonds is 8. The highest BCUT2D eigenvalue weighted by Gasteiger charge is 2.43. The summed E-state index contributed by atoms with van der Waals surface area (Å²) >= 11 is 0.605. The topological polar surface area (TPSA) is 136 Å². The molecule has 14 heteroatoms. The number of aliphatic hydroxyl groups is 1. The molecule has 0 bridgehead atoms. The maximum Gasteiger partial charge on any atom is 0.387 e. The lowest BCUT2D eigenvalue weighted by Gasteiger charge is -2.28. The summed E-state index contributed by atoms with van der Waals surface area (Å²) < 4.78 is 75.4. The lowest BCUT2D eigenvalue weighted by atomic mass is 10.1. The zero-order chi connectivity index (χ0) is 23.7. The summed E-state index contributed by atoms with van der Waals surface area (Å²) in [7, 11) is -4.17. The number of nitrogens with two attached hydrogens (primary N) is 1. The maximum atomic E-state index is 14.0. The molecule has 0 aliphatic carbocycles. The minimum atomic E-state index is -5.17. The van der Waals surface area contributed by atoms with E-state index < -0.39 is 66.8 Å². The second kappa shape index (κ2) is 8.72. The first kappa shape index (κ1) is 24.4. The van der Waals surface area contributed by atoms with Crippen LogP contribution in [0.2, 0.25) is 0 Å². The summed E-state index contributed by atoms with van der Waals surface area (Å²) in [4.78, 5) is 23.5. The van der Waals surface area contributed by atoms with Gasteiger partial charge >= 0.3 is 6.61 Å². The summed E-state index contributed by atoms with van der Waals surface area (Å²) in [5.74, 6) is -5.54. The first-order valence-electron chi connectivity index (χ1n) is 8.23. The van der Waals surface area contributed by atoms with Crippen LogP contribution in [0.4, 0.5) is 18.2 Å². The minimum Gasteiger partial charge on any atom is -0.494 e. The van der Waals surface area contributed by atoms with Gasteiger partial charge in [0.15, 0.2) is 11.6 Å². The number of nitrogens with zero attached hydrogens (tertiary/aromatic N) is 1. The first-order chi connectivity index (χ1) is 14.2. The normalized spacial score (nSPS) is 12.0. The van der Waals surface area contributed by atoms with Crippen molar-refractivity contribution < 1.29 is 45.8 Å². The van der Waals surface area contributed by atoms with Crippen molar-refractivity contribution in [3.8, 4) is 11.5 Å². The summed E-state index contributed by atoms with van der Waals surface area (Å²) in [6.45, 7) is -1.60. The van der Waals surface area contributed by atoms with Crippen LogP contribution in [-0.4, -0.2) is 44.7 Å². The zero-order valence-corrected chi connectivity index (χ0v) is 17.9. The molecule has 0 aliphatic rings. The molecule has 0 aliphatic heterocycles. The average Bonchev–Trinajstić information content (AvgIpc) is 3.09. The lowest BCUT2D eigenvalue weighted by molar-refractivity contribution is -0.132. The standard InChI is InChI=1S/C17H17F3N2O7S2/c1-17(2,25)15(24)22(14-8(13(21)23)4-5-30-14)31(26,27)12-7-10(28-3)9(18)6-11(12)29-16(19)20/h4-7,16,25H,1-3H3,(H2,21,23). The molecule has 3 N–H and O–H groups in total. The van der Waals surface area contributed by atoms with Gasteiger partial charge in [0.25, 0.3) is 21.8 Å². The number of carbonyl (C=O) groups is 2. The molecule has 2 amide bonds. The Morgan fingerprint density at radius 2 is 1.87 bits per heavy atom. The number of thiophene rings is 1. The van der Waals surface area contributed by atoms with Gasteiger partial charge in [-0.1, -0.05) is 0 Å². The van der Waals surface area contributed by atoms with Crippen molar-refractivity contribution in [3.63, 3.8) is 0 Å². The fourth-order valence-electron chi connectivity index (χ4n) is 2.37. The van der Waals surface area contributed by atoms with Crippen LogP contribution in [0.25, 0.3) is 0 Å². The van der Waals surface area contributed by atoms with E-state index in [2.05, 4.69) is 4.74 Å². The fourth-order valence-corrected chi connectivity index (χ4v) is 5.17. The Labute approximate surface area is 178 Å². The summed E-state index contributed by atoms with van der Waals surface area (Å²) in [6.07, 6.45) is 0. The third kappa shape index (κ3) is 4.91. The van der Waals surface area contributed by atoms with Crippen LogP contribution in [-0.2, 0) is 14.8 Å². The van der Waals surface area contributed by atoms with Gasteiger partial charge in [0.2, 0.25) is 0 Å². The number of ether oxygens (including phenoxy) is 2. The van der Waals surface area contributed by atoms with Crippen LogP contribution in [0.1, 0.15) is 24.2 Å². The number of hydrogen-bond acceptors (Lipinski definition) is 8. The highest BCUT2D eigenvalue weighted by atomic mass is 32.2. The number of primary amides is 1. The van der Waals surface area contributed by atoms with E-state index in [1.165, 1.54) is 5.38 Å². The van der Waals surface area contributed by atoms with Crippen LogP contribution in [0.15, 0.2) is 28.5 Å². The predicted octanol–water partition coefficient (Wildman–Crippen LogP) is 2.09. The zero-order valence-electron chi connectivity index (χ0n) is 16.3. The highest BCUT2D eigenvalue weighted by molar-refractivity contribution is 7.94. The van der Waals surface area contributed by atoms with Gasteiger partial charge in [-0.3, -0.25) is 9.59 Å². The number of hydrogen-bond donors (Lipinski definition) is 2. The molecule has 9 nitrogen and oxygen atoms in total. The second-order valence-electron chi connectivity index (χ2n) is 6.45. The molecule has 2 rings (SSSR count). The van der Waals surface area contributed by atoms with Crippen molar-refractivity contribution in [1.29, 1.82) is 0 Å². The van der Waals surface area contributed by atoms with E-state index in [0.29, 0.717) is 23.5 Å². The van der Waals surface area contributed by atoms with Crippen molar-refractivity contribution in [2.45, 2.75) is 31.0 Å². The van der Waals surface area contributed by atoms with Gasteiger partial charge < -0.3 is 20.3 Å². The molecule has 0 spiro atoms. The van der Waals surface area contributed by atoms with Crippen LogP contribution >= 0.6 is 11.3 Å². The lowest BCUT2D eigenvalue weighted by Crippen LogP contribution is -2.48. The third-order valence-corrected chi connectivity index (χ3v) is 6.47. The number of halogens is 3. The van der Waals surface area contributed by atoms with Gasteiger partial charge in [0.05, 0.1) is 12.7 Å². The molecule has 0 radical (unpaired) electrons. The Balaban J connectivity index is 2.87. The Morgan fingerprint density at radius 3 is 2.35 bits per heavy atom. The molecule has 31 heavy (non-hydrogen) atoms. The van der Waals surface area contributed by atoms with Gasteiger partial charge in [0.1, 0.15) is 21.2 Å². The number of anilines is 1. The smallest absolute Gasteiger partial charge is 0.387 e. The van der Waals surface area contributed by atoms with E-state index in [9.17, 15) is 36.3 Å². The average molecular weight is 482 g/mol. The monoisotopic (exact) mass is 482 g/mol. The molecule has 0 unspecified atom stereocenters. The van der Waals surface area contributed by atoms with E-state index in [-0.39, 0.29) is 4.31 Å². The van der Waals surface area contributed by atoms with Gasteiger partial charge in [-0.05, 0) is 25.3 Å². The first-order valence-corrected chi connectivity index (χ1v) is 10.6. The Morgan fingerprint density at radius 1 is 1.26 bits per heavy atom. The molecular weight excluding hydrogens is 465 g/mol. The number of alkyl halides is 2. The molecule has 0 saturated carbocycles. The Hall–Kier alpha value is -2.84.